The summed E-state index contributed by atoms with van der Waals surface area (Å²) >= 11 is 0. The minimum absolute atomic E-state index is 0.0817. The van der Waals surface area contributed by atoms with E-state index in [0.717, 1.165) is 6.07 Å². The normalized spacial score (nSPS) is 10.2. The minimum atomic E-state index is -0.774. The van der Waals surface area contributed by atoms with E-state index in [4.69, 9.17) is 14.6 Å². The predicted molar refractivity (Wildman–Crippen MR) is 71.8 cm³/mol. The maximum Gasteiger partial charge on any atom is 0.342 e. The molecule has 2 N–H and O–H groups in total. The Morgan fingerprint density at radius 2 is 1.95 bits per heavy atom. The molecule has 0 spiro atoms. The summed E-state index contributed by atoms with van der Waals surface area (Å²) in [6.45, 7) is -0.153. The van der Waals surface area contributed by atoms with E-state index >= 15 is 0 Å². The van der Waals surface area contributed by atoms with Crippen molar-refractivity contribution in [1.82, 2.24) is 0 Å². The highest BCUT2D eigenvalue weighted by molar-refractivity contribution is 5.92. The molecule has 21 heavy (non-hydrogen) atoms. The highest BCUT2D eigenvalue weighted by Crippen LogP contribution is 2.24. The number of phenolic OH excluding ortho intramolecular Hbond substituents is 2. The van der Waals surface area contributed by atoms with E-state index in [0.29, 0.717) is 5.56 Å². The van der Waals surface area contributed by atoms with Crippen LogP contribution in [0.1, 0.15) is 15.9 Å². The van der Waals surface area contributed by atoms with Gasteiger partial charge in [-0.3, -0.25) is 0 Å². The summed E-state index contributed by atoms with van der Waals surface area (Å²) in [6, 6.07) is 7.71. The van der Waals surface area contributed by atoms with Crippen LogP contribution in [0.5, 0.6) is 17.2 Å². The molecule has 6 heteroatoms. The smallest absolute Gasteiger partial charge is 0.342 e. The molecule has 5 nitrogen and oxygen atoms in total. The van der Waals surface area contributed by atoms with Crippen molar-refractivity contribution in [2.75, 3.05) is 7.11 Å². The molecule has 0 amide bonds. The van der Waals surface area contributed by atoms with Crippen LogP contribution in [-0.4, -0.2) is 23.3 Å². The van der Waals surface area contributed by atoms with Gasteiger partial charge in [0.1, 0.15) is 23.7 Å². The molecule has 2 aromatic carbocycles. The zero-order valence-corrected chi connectivity index (χ0v) is 11.2. The highest BCUT2D eigenvalue weighted by atomic mass is 19.1. The molecule has 0 fully saturated rings. The van der Waals surface area contributed by atoms with Crippen molar-refractivity contribution in [1.29, 1.82) is 0 Å². The largest absolute Gasteiger partial charge is 0.508 e. The number of benzene rings is 2. The fourth-order valence-corrected chi connectivity index (χ4v) is 1.72. The lowest BCUT2D eigenvalue weighted by Gasteiger charge is -2.08. The predicted octanol–water partition coefficient (Wildman–Crippen LogP) is 2.60. The van der Waals surface area contributed by atoms with Crippen LogP contribution in [0.3, 0.4) is 0 Å². The molecule has 2 aromatic rings. The summed E-state index contributed by atoms with van der Waals surface area (Å²) in [4.78, 5) is 11.8. The second-order valence-corrected chi connectivity index (χ2v) is 4.25. The van der Waals surface area contributed by atoms with Crippen molar-refractivity contribution in [2.24, 2.45) is 0 Å². The highest BCUT2D eigenvalue weighted by Gasteiger charge is 2.13. The first-order chi connectivity index (χ1) is 10.0. The number of methoxy groups -OCH3 is 1. The van der Waals surface area contributed by atoms with Gasteiger partial charge >= 0.3 is 5.97 Å². The zero-order chi connectivity index (χ0) is 15.4. The summed E-state index contributed by atoms with van der Waals surface area (Å²) in [5, 5.41) is 18.7. The third-order valence-corrected chi connectivity index (χ3v) is 2.79. The molecule has 0 atom stereocenters. The lowest BCUT2D eigenvalue weighted by atomic mass is 10.2. The van der Waals surface area contributed by atoms with E-state index < -0.39 is 11.8 Å². The van der Waals surface area contributed by atoms with Gasteiger partial charge in [-0.25, -0.2) is 9.18 Å². The topological polar surface area (TPSA) is 76.0 Å². The summed E-state index contributed by atoms with van der Waals surface area (Å²) in [7, 11) is 1.35. The van der Waals surface area contributed by atoms with Crippen LogP contribution in [-0.2, 0) is 11.3 Å². The van der Waals surface area contributed by atoms with Crippen molar-refractivity contribution >= 4 is 5.97 Å². The van der Waals surface area contributed by atoms with Crippen LogP contribution >= 0.6 is 0 Å². The van der Waals surface area contributed by atoms with Crippen LogP contribution in [0.25, 0.3) is 0 Å². The van der Waals surface area contributed by atoms with E-state index in [2.05, 4.69) is 0 Å². The Hall–Kier alpha value is -2.76. The Morgan fingerprint density at radius 3 is 2.57 bits per heavy atom. The zero-order valence-electron chi connectivity index (χ0n) is 11.2. The van der Waals surface area contributed by atoms with Gasteiger partial charge in [0, 0.05) is 6.07 Å². The summed E-state index contributed by atoms with van der Waals surface area (Å²) in [6.07, 6.45) is 0. The van der Waals surface area contributed by atoms with Crippen LogP contribution in [0, 0.1) is 5.82 Å². The number of carbonyl (C=O) groups is 1. The van der Waals surface area contributed by atoms with Gasteiger partial charge in [-0.15, -0.1) is 0 Å². The van der Waals surface area contributed by atoms with Gasteiger partial charge in [-0.2, -0.15) is 0 Å². The quantitative estimate of drug-likeness (QED) is 0.847. The standard InChI is InChI=1S/C15H13FO5/c1-20-14-5-2-9(6-12(14)16)8-21-15(19)11-4-3-10(17)7-13(11)18/h2-7,17-18H,8H2,1H3. The lowest BCUT2D eigenvalue weighted by Crippen LogP contribution is -2.05. The van der Waals surface area contributed by atoms with Gasteiger partial charge in [0.25, 0.3) is 0 Å². The van der Waals surface area contributed by atoms with Crippen LogP contribution < -0.4 is 4.74 Å². The minimum Gasteiger partial charge on any atom is -0.508 e. The SMILES string of the molecule is COc1ccc(COC(=O)c2ccc(O)cc2O)cc1F. The number of halogens is 1. The number of phenols is 2. The average molecular weight is 292 g/mol. The van der Waals surface area contributed by atoms with Gasteiger partial charge in [0.15, 0.2) is 11.6 Å². The van der Waals surface area contributed by atoms with Crippen molar-refractivity contribution in [3.8, 4) is 17.2 Å². The number of aromatic hydroxyl groups is 2. The Bertz CT molecular complexity index is 669. The van der Waals surface area contributed by atoms with Crippen LogP contribution in [0.2, 0.25) is 0 Å². The van der Waals surface area contributed by atoms with Crippen molar-refractivity contribution in [3.05, 3.63) is 53.3 Å². The molecule has 0 aromatic heterocycles. The Morgan fingerprint density at radius 1 is 1.19 bits per heavy atom. The Balaban J connectivity index is 2.05. The number of ether oxygens (including phenoxy) is 2. The summed E-state index contributed by atoms with van der Waals surface area (Å²) in [5.41, 5.74) is 0.363. The van der Waals surface area contributed by atoms with E-state index in [1.54, 1.807) is 6.07 Å². The fraction of sp³-hybridized carbons (Fsp3) is 0.133. The number of hydrogen-bond acceptors (Lipinski definition) is 5. The Kier molecular flexibility index (Phi) is 4.27. The Labute approximate surface area is 120 Å². The second kappa shape index (κ2) is 6.13. The van der Waals surface area contributed by atoms with E-state index in [1.165, 1.54) is 31.4 Å². The first-order valence-electron chi connectivity index (χ1n) is 6.03. The third kappa shape index (κ3) is 3.42. The van der Waals surface area contributed by atoms with E-state index in [9.17, 15) is 14.3 Å². The van der Waals surface area contributed by atoms with E-state index in [1.807, 2.05) is 0 Å². The van der Waals surface area contributed by atoms with Crippen molar-refractivity contribution in [2.45, 2.75) is 6.61 Å². The number of rotatable bonds is 4. The molecular weight excluding hydrogens is 279 g/mol. The second-order valence-electron chi connectivity index (χ2n) is 4.25. The molecule has 0 radical (unpaired) electrons. The van der Waals surface area contributed by atoms with Gasteiger partial charge in [0.05, 0.1) is 7.11 Å². The number of hydrogen-bond donors (Lipinski definition) is 2. The van der Waals surface area contributed by atoms with Crippen molar-refractivity contribution < 1.29 is 28.9 Å². The fourth-order valence-electron chi connectivity index (χ4n) is 1.72. The first kappa shape index (κ1) is 14.6. The molecule has 0 heterocycles. The molecule has 0 bridgehead atoms. The summed E-state index contributed by atoms with van der Waals surface area (Å²) < 4.78 is 23.2. The maximum atomic E-state index is 13.5. The van der Waals surface area contributed by atoms with Gasteiger partial charge in [-0.1, -0.05) is 6.07 Å². The van der Waals surface area contributed by atoms with Gasteiger partial charge < -0.3 is 19.7 Å². The molecule has 0 unspecified atom stereocenters. The molecule has 0 aliphatic carbocycles. The maximum absolute atomic E-state index is 13.5. The molecule has 0 aliphatic heterocycles. The van der Waals surface area contributed by atoms with Crippen LogP contribution in [0.4, 0.5) is 4.39 Å². The molecule has 2 rings (SSSR count). The van der Waals surface area contributed by atoms with Crippen LogP contribution in [0.15, 0.2) is 36.4 Å². The molecular formula is C15H13FO5. The monoisotopic (exact) mass is 292 g/mol. The average Bonchev–Trinajstić information content (AvgIpc) is 2.45. The van der Waals surface area contributed by atoms with Gasteiger partial charge in [-0.05, 0) is 29.8 Å². The third-order valence-electron chi connectivity index (χ3n) is 2.79. The molecule has 110 valence electrons. The van der Waals surface area contributed by atoms with Gasteiger partial charge in [0.2, 0.25) is 0 Å². The van der Waals surface area contributed by atoms with E-state index in [-0.39, 0.29) is 29.4 Å². The number of esters is 1. The first-order valence-corrected chi connectivity index (χ1v) is 6.03. The summed E-state index contributed by atoms with van der Waals surface area (Å²) in [5.74, 6) is -1.79. The lowest BCUT2D eigenvalue weighted by molar-refractivity contribution is 0.0469. The number of carbonyl (C=O) groups excluding carboxylic acids is 1. The molecule has 0 aliphatic rings. The van der Waals surface area contributed by atoms with Crippen molar-refractivity contribution in [3.63, 3.8) is 0 Å². The molecule has 0 saturated heterocycles. The molecule has 0 saturated carbocycles.